The summed E-state index contributed by atoms with van der Waals surface area (Å²) < 4.78 is 19.5. The number of rotatable bonds is 7. The molecule has 3 aromatic carbocycles. The van der Waals surface area contributed by atoms with Gasteiger partial charge in [-0.15, -0.1) is 0 Å². The smallest absolute Gasteiger partial charge is 0.140 e. The van der Waals surface area contributed by atoms with Crippen molar-refractivity contribution in [2.45, 2.75) is 32.6 Å². The fourth-order valence-electron chi connectivity index (χ4n) is 2.86. The minimum atomic E-state index is -0.400. The standard InChI is InChI=1S/C26H24ClFO/c1-2-3-18-29-25-16-11-22(12-17-25)9-6-20-4-7-21(8-5-20)10-13-23-14-15-24(27)19-26(23)28/h4-5,7-8,11-12,14-17,19H,2-3,6,9,18H2,1H3. The number of hydrogen-bond acceptors (Lipinski definition) is 1. The molecule has 0 spiro atoms. The highest BCUT2D eigenvalue weighted by molar-refractivity contribution is 6.30. The van der Waals surface area contributed by atoms with Crippen molar-refractivity contribution >= 4 is 11.6 Å². The Bertz CT molecular complexity index is 982. The van der Waals surface area contributed by atoms with Crippen LogP contribution in [-0.4, -0.2) is 6.61 Å². The average Bonchev–Trinajstić information content (AvgIpc) is 2.73. The molecule has 3 aromatic rings. The molecular weight excluding hydrogens is 383 g/mol. The highest BCUT2D eigenvalue weighted by atomic mass is 35.5. The molecule has 0 fully saturated rings. The third-order valence-electron chi connectivity index (χ3n) is 4.62. The lowest BCUT2D eigenvalue weighted by molar-refractivity contribution is 0.309. The minimum absolute atomic E-state index is 0.348. The Kier molecular flexibility index (Phi) is 7.73. The van der Waals surface area contributed by atoms with Gasteiger partial charge in [-0.25, -0.2) is 4.39 Å². The molecule has 0 aliphatic heterocycles. The van der Waals surface area contributed by atoms with Crippen molar-refractivity contribution in [2.24, 2.45) is 0 Å². The summed E-state index contributed by atoms with van der Waals surface area (Å²) in [4.78, 5) is 0. The molecule has 3 heteroatoms. The van der Waals surface area contributed by atoms with Gasteiger partial charge < -0.3 is 4.74 Å². The van der Waals surface area contributed by atoms with Crippen molar-refractivity contribution in [1.82, 2.24) is 0 Å². The van der Waals surface area contributed by atoms with Crippen LogP contribution < -0.4 is 4.74 Å². The third-order valence-corrected chi connectivity index (χ3v) is 4.85. The lowest BCUT2D eigenvalue weighted by Gasteiger charge is -2.07. The normalized spacial score (nSPS) is 10.3. The molecular formula is C26H24ClFO. The monoisotopic (exact) mass is 406 g/mol. The molecule has 148 valence electrons. The fraction of sp³-hybridized carbons (Fsp3) is 0.231. The van der Waals surface area contributed by atoms with Crippen molar-refractivity contribution in [3.8, 4) is 17.6 Å². The number of hydrogen-bond donors (Lipinski definition) is 0. The van der Waals surface area contributed by atoms with Gasteiger partial charge in [0, 0.05) is 10.6 Å². The molecule has 0 saturated carbocycles. The summed E-state index contributed by atoms with van der Waals surface area (Å²) in [6, 6.07) is 20.9. The lowest BCUT2D eigenvalue weighted by atomic mass is 10.0. The molecule has 3 rings (SSSR count). The van der Waals surface area contributed by atoms with Gasteiger partial charge in [0.1, 0.15) is 11.6 Å². The van der Waals surface area contributed by atoms with Crippen LogP contribution >= 0.6 is 11.6 Å². The SMILES string of the molecule is CCCCOc1ccc(CCc2ccc(C#Cc3ccc(Cl)cc3F)cc2)cc1. The molecule has 0 saturated heterocycles. The van der Waals surface area contributed by atoms with Gasteiger partial charge in [0.05, 0.1) is 12.2 Å². The molecule has 0 N–H and O–H groups in total. The Balaban J connectivity index is 1.54. The van der Waals surface area contributed by atoms with E-state index in [0.717, 1.165) is 43.6 Å². The summed E-state index contributed by atoms with van der Waals surface area (Å²) in [6.45, 7) is 2.93. The van der Waals surface area contributed by atoms with E-state index in [1.165, 1.54) is 17.2 Å². The summed E-state index contributed by atoms with van der Waals surface area (Å²) in [5.41, 5.74) is 3.74. The molecule has 0 atom stereocenters. The zero-order valence-corrected chi connectivity index (χ0v) is 17.3. The molecule has 0 amide bonds. The predicted octanol–water partition coefficient (Wildman–Crippen LogP) is 6.84. The van der Waals surface area contributed by atoms with E-state index >= 15 is 0 Å². The molecule has 0 unspecified atom stereocenters. The average molecular weight is 407 g/mol. The first-order valence-corrected chi connectivity index (χ1v) is 10.3. The van der Waals surface area contributed by atoms with Crippen LogP contribution in [-0.2, 0) is 12.8 Å². The summed E-state index contributed by atoms with van der Waals surface area (Å²) >= 11 is 5.76. The van der Waals surface area contributed by atoms with Gasteiger partial charge in [-0.2, -0.15) is 0 Å². The van der Waals surface area contributed by atoms with Gasteiger partial charge in [0.25, 0.3) is 0 Å². The molecule has 0 aliphatic carbocycles. The summed E-state index contributed by atoms with van der Waals surface area (Å²) in [5, 5.41) is 0.371. The molecule has 0 bridgehead atoms. The third kappa shape index (κ3) is 6.66. The van der Waals surface area contributed by atoms with E-state index < -0.39 is 5.82 Å². The summed E-state index contributed by atoms with van der Waals surface area (Å²) in [7, 11) is 0. The van der Waals surface area contributed by atoms with E-state index in [1.807, 2.05) is 24.3 Å². The van der Waals surface area contributed by atoms with Gasteiger partial charge in [-0.3, -0.25) is 0 Å². The minimum Gasteiger partial charge on any atom is -0.494 e. The van der Waals surface area contributed by atoms with Crippen LogP contribution in [0.15, 0.2) is 66.7 Å². The lowest BCUT2D eigenvalue weighted by Crippen LogP contribution is -1.97. The molecule has 0 aliphatic rings. The maximum atomic E-state index is 13.8. The Morgan fingerprint density at radius 1 is 0.862 bits per heavy atom. The Labute approximate surface area is 177 Å². The fourth-order valence-corrected chi connectivity index (χ4v) is 3.02. The largest absolute Gasteiger partial charge is 0.494 e. The van der Waals surface area contributed by atoms with Crippen LogP contribution in [0.5, 0.6) is 5.75 Å². The maximum absolute atomic E-state index is 13.8. The Hall–Kier alpha value is -2.76. The van der Waals surface area contributed by atoms with Gasteiger partial charge >= 0.3 is 0 Å². The molecule has 0 radical (unpaired) electrons. The van der Waals surface area contributed by atoms with E-state index in [-0.39, 0.29) is 0 Å². The first-order valence-electron chi connectivity index (χ1n) is 9.92. The van der Waals surface area contributed by atoms with Crippen LogP contribution in [0.3, 0.4) is 0 Å². The first-order chi connectivity index (χ1) is 14.1. The van der Waals surface area contributed by atoms with E-state index in [4.69, 9.17) is 16.3 Å². The summed E-state index contributed by atoms with van der Waals surface area (Å²) in [5.74, 6) is 6.40. The molecule has 0 aromatic heterocycles. The highest BCUT2D eigenvalue weighted by Crippen LogP contribution is 2.16. The van der Waals surface area contributed by atoms with Crippen molar-refractivity contribution in [2.75, 3.05) is 6.61 Å². The van der Waals surface area contributed by atoms with E-state index in [9.17, 15) is 4.39 Å². The quantitative estimate of drug-likeness (QED) is 0.308. The zero-order chi connectivity index (χ0) is 20.5. The summed E-state index contributed by atoms with van der Waals surface area (Å²) in [6.07, 6.45) is 4.14. The maximum Gasteiger partial charge on any atom is 0.140 e. The van der Waals surface area contributed by atoms with Crippen LogP contribution in [0.4, 0.5) is 4.39 Å². The number of benzene rings is 3. The van der Waals surface area contributed by atoms with Gasteiger partial charge in [-0.1, -0.05) is 61.1 Å². The van der Waals surface area contributed by atoms with Crippen molar-refractivity contribution in [1.29, 1.82) is 0 Å². The second-order valence-electron chi connectivity index (χ2n) is 6.92. The molecule has 0 heterocycles. The topological polar surface area (TPSA) is 9.23 Å². The van der Waals surface area contributed by atoms with E-state index in [1.54, 1.807) is 12.1 Å². The number of halogens is 2. The second-order valence-corrected chi connectivity index (χ2v) is 7.35. The van der Waals surface area contributed by atoms with Crippen LogP contribution in [0.1, 0.15) is 42.0 Å². The zero-order valence-electron chi connectivity index (χ0n) is 16.6. The highest BCUT2D eigenvalue weighted by Gasteiger charge is 2.00. The van der Waals surface area contributed by atoms with Crippen molar-refractivity contribution < 1.29 is 9.13 Å². The second kappa shape index (κ2) is 10.7. The number of ether oxygens (including phenoxy) is 1. The van der Waals surface area contributed by atoms with Gasteiger partial charge in [0.2, 0.25) is 0 Å². The van der Waals surface area contributed by atoms with Gasteiger partial charge in [0.15, 0.2) is 0 Å². The first kappa shape index (κ1) is 21.0. The Morgan fingerprint density at radius 2 is 1.52 bits per heavy atom. The van der Waals surface area contributed by atoms with Crippen LogP contribution in [0.25, 0.3) is 0 Å². The molecule has 29 heavy (non-hydrogen) atoms. The predicted molar refractivity (Wildman–Crippen MR) is 118 cm³/mol. The number of aryl methyl sites for hydroxylation is 2. The van der Waals surface area contributed by atoms with Crippen LogP contribution in [0, 0.1) is 17.7 Å². The van der Waals surface area contributed by atoms with Crippen molar-refractivity contribution in [3.05, 3.63) is 99.8 Å². The van der Waals surface area contributed by atoms with E-state index in [2.05, 4.69) is 43.0 Å². The van der Waals surface area contributed by atoms with Crippen molar-refractivity contribution in [3.63, 3.8) is 0 Å². The van der Waals surface area contributed by atoms with Crippen LogP contribution in [0.2, 0.25) is 5.02 Å². The Morgan fingerprint density at radius 3 is 2.14 bits per heavy atom. The number of unbranched alkanes of at least 4 members (excludes halogenated alkanes) is 1. The van der Waals surface area contributed by atoms with Gasteiger partial charge in [-0.05, 0) is 72.9 Å². The van der Waals surface area contributed by atoms with E-state index in [0.29, 0.717) is 10.6 Å². The molecule has 1 nitrogen and oxygen atoms in total.